The predicted octanol–water partition coefficient (Wildman–Crippen LogP) is 8.97. The summed E-state index contributed by atoms with van der Waals surface area (Å²) in [6, 6.07) is 17.3. The molecule has 0 bridgehead atoms. The third-order valence-corrected chi connectivity index (χ3v) is 10.6. The van der Waals surface area contributed by atoms with Gasteiger partial charge < -0.3 is 0 Å². The summed E-state index contributed by atoms with van der Waals surface area (Å²) < 4.78 is 0. The van der Waals surface area contributed by atoms with Crippen molar-refractivity contribution < 1.29 is 0 Å². The molecule has 0 saturated heterocycles. The molecule has 0 unspecified atom stereocenters. The minimum atomic E-state index is -0.0720. The Kier molecular flexibility index (Phi) is 14.0. The van der Waals surface area contributed by atoms with Gasteiger partial charge in [0.1, 0.15) is 0 Å². The molecule has 0 spiro atoms. The molecule has 1 aliphatic rings. The smallest absolute Gasteiger partial charge is 0.00135 e. The van der Waals surface area contributed by atoms with Crippen LogP contribution in [0.1, 0.15) is 102 Å². The van der Waals surface area contributed by atoms with Gasteiger partial charge in [0.2, 0.25) is 0 Å². The Bertz CT molecular complexity index is 618. The second kappa shape index (κ2) is 16.6. The van der Waals surface area contributed by atoms with Gasteiger partial charge in [-0.05, 0) is 28.7 Å². The second-order valence-electron chi connectivity index (χ2n) is 9.09. The molecule has 0 nitrogen and oxygen atoms in total. The number of benzene rings is 2. The summed E-state index contributed by atoms with van der Waals surface area (Å²) in [7, 11) is 0. The molecule has 0 aromatic heterocycles. The fourth-order valence-corrected chi connectivity index (χ4v) is 8.23. The molecular weight excluding hydrogens is 421 g/mol. The summed E-state index contributed by atoms with van der Waals surface area (Å²) in [5.41, 5.74) is 5.75. The van der Waals surface area contributed by atoms with Gasteiger partial charge in [0, 0.05) is 0 Å². The minimum absolute atomic E-state index is 0.0720. The van der Waals surface area contributed by atoms with Gasteiger partial charge in [-0.25, -0.2) is 0 Å². The van der Waals surface area contributed by atoms with Gasteiger partial charge in [0.15, 0.2) is 0 Å². The molecule has 0 aliphatic heterocycles. The van der Waals surface area contributed by atoms with E-state index in [4.69, 9.17) is 0 Å². The van der Waals surface area contributed by atoms with Crippen molar-refractivity contribution in [2.24, 2.45) is 0 Å². The molecule has 166 valence electrons. The number of fused-ring (bicyclic) bond motifs is 3. The van der Waals surface area contributed by atoms with E-state index in [1.54, 1.807) is 23.3 Å². The molecule has 30 heavy (non-hydrogen) atoms. The molecule has 0 heterocycles. The van der Waals surface area contributed by atoms with Gasteiger partial charge in [0.25, 0.3) is 0 Å². The Labute approximate surface area is 193 Å². The molecule has 0 radical (unpaired) electrons. The molecule has 0 atom stereocenters. The van der Waals surface area contributed by atoms with Crippen molar-refractivity contribution >= 4 is 15.4 Å². The first-order chi connectivity index (χ1) is 14.9. The molecule has 0 amide bonds. The van der Waals surface area contributed by atoms with Gasteiger partial charge in [-0.1, -0.05) is 48.5 Å². The van der Waals surface area contributed by atoms with Crippen molar-refractivity contribution in [3.05, 3.63) is 59.7 Å². The Balaban J connectivity index is 0.000000218. The maximum absolute atomic E-state index is 2.30. The Morgan fingerprint density at radius 1 is 0.533 bits per heavy atom. The number of hydrogen-bond donors (Lipinski definition) is 0. The van der Waals surface area contributed by atoms with Crippen molar-refractivity contribution in [2.75, 3.05) is 0 Å². The van der Waals surface area contributed by atoms with Crippen LogP contribution in [-0.2, 0) is 6.42 Å². The van der Waals surface area contributed by atoms with E-state index in [9.17, 15) is 0 Å². The maximum atomic E-state index is 2.30. The molecule has 0 saturated carbocycles. The van der Waals surface area contributed by atoms with Crippen molar-refractivity contribution in [3.8, 4) is 11.1 Å². The molecule has 1 heteroatoms. The summed E-state index contributed by atoms with van der Waals surface area (Å²) in [4.78, 5) is 0. The average molecular weight is 467 g/mol. The third-order valence-electron chi connectivity index (χ3n) is 6.41. The first kappa shape index (κ1) is 25.2. The number of rotatable bonds is 14. The largest absolute Gasteiger partial charge is 0.0619 e. The normalized spacial score (nSPS) is 11.5. The molecule has 1 aliphatic carbocycles. The zero-order chi connectivity index (χ0) is 21.3. The quantitative estimate of drug-likeness (QED) is 0.164. The molecule has 0 N–H and O–H groups in total. The van der Waals surface area contributed by atoms with Crippen LogP contribution in [0.25, 0.3) is 11.1 Å². The van der Waals surface area contributed by atoms with Gasteiger partial charge in [0.05, 0.1) is 0 Å². The van der Waals surface area contributed by atoms with E-state index >= 15 is 0 Å². The standard InChI is InChI=1S/C16H36Ge.C13H10/c1-3-5-7-9-11-13-15-17-16-14-12-10-8-6-4-2;1-3-7-12-10(5-1)9-11-6-2-4-8-13(11)12/h3-17H2,1-2H3;1-8H,9H2. The zero-order valence-corrected chi connectivity index (χ0v) is 22.9. The van der Waals surface area contributed by atoms with E-state index in [-0.39, 0.29) is 15.4 Å². The number of unbranched alkanes of at least 4 members (excludes halogenated alkanes) is 10. The summed E-state index contributed by atoms with van der Waals surface area (Å²) in [6.07, 6.45) is 19.0. The Hall–Kier alpha value is -1.02. The Morgan fingerprint density at radius 2 is 0.933 bits per heavy atom. The summed E-state index contributed by atoms with van der Waals surface area (Å²) in [5.74, 6) is 0. The van der Waals surface area contributed by atoms with Crippen LogP contribution >= 0.6 is 0 Å². The molecule has 2 aromatic carbocycles. The van der Waals surface area contributed by atoms with Gasteiger partial charge in [-0.3, -0.25) is 0 Å². The first-order valence-electron chi connectivity index (χ1n) is 13.0. The summed E-state index contributed by atoms with van der Waals surface area (Å²) in [6.45, 7) is 4.60. The van der Waals surface area contributed by atoms with Crippen LogP contribution in [0, 0.1) is 0 Å². The number of hydrogen-bond acceptors (Lipinski definition) is 0. The van der Waals surface area contributed by atoms with Crippen LogP contribution in [0.15, 0.2) is 48.5 Å². The summed E-state index contributed by atoms with van der Waals surface area (Å²) in [5, 5.41) is 3.35. The molecule has 0 fully saturated rings. The van der Waals surface area contributed by atoms with Crippen LogP contribution in [0.5, 0.6) is 0 Å². The Morgan fingerprint density at radius 3 is 1.40 bits per heavy atom. The zero-order valence-electron chi connectivity index (χ0n) is 19.9. The van der Waals surface area contributed by atoms with E-state index < -0.39 is 0 Å². The van der Waals surface area contributed by atoms with Crippen LogP contribution in [0.4, 0.5) is 0 Å². The molecular formula is C29H46Ge. The maximum Gasteiger partial charge on any atom is -0.00135 e. The SMILES string of the molecule is CCCCCCC[CH2][GeH2][CH2]CCCCCCC.c1ccc2c(c1)Cc1ccccc1-2. The minimum Gasteiger partial charge on any atom is -0.0619 e. The topological polar surface area (TPSA) is 0 Å². The first-order valence-corrected chi connectivity index (χ1v) is 17.2. The van der Waals surface area contributed by atoms with E-state index in [0.717, 1.165) is 6.42 Å². The van der Waals surface area contributed by atoms with Gasteiger partial charge in [-0.2, -0.15) is 0 Å². The fraction of sp³-hybridized carbons (Fsp3) is 0.586. The van der Waals surface area contributed by atoms with Crippen molar-refractivity contribution in [1.82, 2.24) is 0 Å². The van der Waals surface area contributed by atoms with Crippen molar-refractivity contribution in [3.63, 3.8) is 0 Å². The third kappa shape index (κ3) is 9.86. The van der Waals surface area contributed by atoms with Crippen LogP contribution in [-0.4, -0.2) is 15.4 Å². The monoisotopic (exact) mass is 468 g/mol. The van der Waals surface area contributed by atoms with E-state index in [2.05, 4.69) is 62.4 Å². The van der Waals surface area contributed by atoms with E-state index in [1.165, 1.54) is 86.5 Å². The van der Waals surface area contributed by atoms with Crippen LogP contribution in [0.2, 0.25) is 10.5 Å². The fourth-order valence-electron chi connectivity index (χ4n) is 4.52. The average Bonchev–Trinajstić information content (AvgIpc) is 3.16. The van der Waals surface area contributed by atoms with Crippen LogP contribution < -0.4 is 0 Å². The second-order valence-corrected chi connectivity index (χ2v) is 13.5. The van der Waals surface area contributed by atoms with E-state index in [1.807, 2.05) is 0 Å². The van der Waals surface area contributed by atoms with Crippen LogP contribution in [0.3, 0.4) is 0 Å². The van der Waals surface area contributed by atoms with Gasteiger partial charge in [-0.15, -0.1) is 0 Å². The van der Waals surface area contributed by atoms with E-state index in [0.29, 0.717) is 0 Å². The molecule has 3 rings (SSSR count). The summed E-state index contributed by atoms with van der Waals surface area (Å²) >= 11 is -0.0720. The van der Waals surface area contributed by atoms with Gasteiger partial charge >= 0.3 is 117 Å². The van der Waals surface area contributed by atoms with Crippen molar-refractivity contribution in [2.45, 2.75) is 108 Å². The van der Waals surface area contributed by atoms with Crippen molar-refractivity contribution in [1.29, 1.82) is 0 Å². The molecule has 2 aromatic rings. The predicted molar refractivity (Wildman–Crippen MR) is 140 cm³/mol.